The molecule has 2 aromatic rings. The van der Waals surface area contributed by atoms with Crippen molar-refractivity contribution in [3.05, 3.63) is 64.7 Å². The number of hydrogen-bond acceptors (Lipinski definition) is 2. The Bertz CT molecular complexity index is 535. The van der Waals surface area contributed by atoms with Crippen molar-refractivity contribution in [1.82, 2.24) is 0 Å². The van der Waals surface area contributed by atoms with Crippen LogP contribution < -0.4 is 4.74 Å². The third-order valence-electron chi connectivity index (χ3n) is 2.45. The second-order valence-corrected chi connectivity index (χ2v) is 3.95. The first-order valence-corrected chi connectivity index (χ1v) is 5.53. The minimum Gasteiger partial charge on any atom is -0.495 e. The maximum atomic E-state index is 12.1. The molecule has 0 aromatic heterocycles. The van der Waals surface area contributed by atoms with Gasteiger partial charge in [0.25, 0.3) is 0 Å². The Labute approximate surface area is 105 Å². The van der Waals surface area contributed by atoms with Crippen molar-refractivity contribution in [3.8, 4) is 5.75 Å². The van der Waals surface area contributed by atoms with Crippen molar-refractivity contribution in [3.63, 3.8) is 0 Å². The highest BCUT2D eigenvalue weighted by atomic mass is 35.5. The van der Waals surface area contributed by atoms with Crippen LogP contribution in [0.25, 0.3) is 0 Å². The maximum absolute atomic E-state index is 12.1. The first-order valence-electron chi connectivity index (χ1n) is 5.15. The highest BCUT2D eigenvalue weighted by Crippen LogP contribution is 2.26. The van der Waals surface area contributed by atoms with E-state index in [1.807, 2.05) is 18.2 Å². The van der Waals surface area contributed by atoms with E-state index >= 15 is 0 Å². The van der Waals surface area contributed by atoms with Gasteiger partial charge in [-0.3, -0.25) is 4.79 Å². The summed E-state index contributed by atoms with van der Waals surface area (Å²) in [5, 5.41) is 0.497. The van der Waals surface area contributed by atoms with Crippen molar-refractivity contribution in [1.29, 1.82) is 0 Å². The number of carbonyl (C=O) groups is 1. The quantitative estimate of drug-likeness (QED) is 0.774. The molecule has 0 radical (unpaired) electrons. The van der Waals surface area contributed by atoms with E-state index in [0.29, 0.717) is 21.9 Å². The van der Waals surface area contributed by atoms with Gasteiger partial charge in [-0.2, -0.15) is 0 Å². The Morgan fingerprint density at radius 3 is 2.41 bits per heavy atom. The van der Waals surface area contributed by atoms with E-state index in [1.165, 1.54) is 7.11 Å². The molecule has 0 N–H and O–H groups in total. The number of rotatable bonds is 3. The Kier molecular flexibility index (Phi) is 3.45. The number of carbonyl (C=O) groups excluding carboxylic acids is 1. The second kappa shape index (κ2) is 5.02. The van der Waals surface area contributed by atoms with Gasteiger partial charge in [0, 0.05) is 11.1 Å². The molecule has 2 nitrogen and oxygen atoms in total. The zero-order chi connectivity index (χ0) is 12.3. The summed E-state index contributed by atoms with van der Waals surface area (Å²) in [6.07, 6.45) is 0. The first-order chi connectivity index (χ1) is 8.22. The Morgan fingerprint density at radius 2 is 1.76 bits per heavy atom. The van der Waals surface area contributed by atoms with Crippen molar-refractivity contribution in [2.24, 2.45) is 0 Å². The highest BCUT2D eigenvalue weighted by molar-refractivity contribution is 6.32. The van der Waals surface area contributed by atoms with E-state index < -0.39 is 0 Å². The molecule has 0 aliphatic heterocycles. The van der Waals surface area contributed by atoms with Crippen LogP contribution in [0.1, 0.15) is 15.9 Å². The van der Waals surface area contributed by atoms with Crippen molar-refractivity contribution >= 4 is 17.4 Å². The maximum Gasteiger partial charge on any atom is 0.193 e. The van der Waals surface area contributed by atoms with E-state index in [0.717, 1.165) is 0 Å². The zero-order valence-corrected chi connectivity index (χ0v) is 10.1. The predicted molar refractivity (Wildman–Crippen MR) is 67.9 cm³/mol. The molecule has 0 fully saturated rings. The molecule has 0 spiro atoms. The molecule has 86 valence electrons. The lowest BCUT2D eigenvalue weighted by molar-refractivity contribution is 0.103. The fraction of sp³-hybridized carbons (Fsp3) is 0.0714. The Morgan fingerprint density at radius 1 is 1.06 bits per heavy atom. The minimum atomic E-state index is -0.0411. The van der Waals surface area contributed by atoms with Crippen LogP contribution in [0.4, 0.5) is 0 Å². The van der Waals surface area contributed by atoms with Crippen LogP contribution >= 0.6 is 11.6 Å². The molecular weight excluding hydrogens is 236 g/mol. The van der Waals surface area contributed by atoms with Crippen LogP contribution in [0.5, 0.6) is 5.75 Å². The molecule has 2 rings (SSSR count). The fourth-order valence-electron chi connectivity index (χ4n) is 1.56. The normalized spacial score (nSPS) is 10.0. The van der Waals surface area contributed by atoms with Crippen LogP contribution in [0.2, 0.25) is 5.02 Å². The smallest absolute Gasteiger partial charge is 0.193 e. The standard InChI is InChI=1S/C14H11ClO2/c1-17-13-9-11(7-8-12(13)15)14(16)10-5-3-2-4-6-10/h2-9H,1H3. The lowest BCUT2D eigenvalue weighted by atomic mass is 10.0. The lowest BCUT2D eigenvalue weighted by Crippen LogP contribution is -2.01. The molecule has 0 aliphatic rings. The van der Waals surface area contributed by atoms with E-state index in [4.69, 9.17) is 16.3 Å². The molecule has 2 aromatic carbocycles. The minimum absolute atomic E-state index is 0.0411. The van der Waals surface area contributed by atoms with Gasteiger partial charge in [-0.15, -0.1) is 0 Å². The summed E-state index contributed by atoms with van der Waals surface area (Å²) in [7, 11) is 1.53. The molecule has 0 amide bonds. The summed E-state index contributed by atoms with van der Waals surface area (Å²) in [6, 6.07) is 14.1. The average molecular weight is 247 g/mol. The summed E-state index contributed by atoms with van der Waals surface area (Å²) in [5.74, 6) is 0.467. The lowest BCUT2D eigenvalue weighted by Gasteiger charge is -2.05. The molecule has 0 heterocycles. The monoisotopic (exact) mass is 246 g/mol. The van der Waals surface area contributed by atoms with Gasteiger partial charge in [0.1, 0.15) is 5.75 Å². The molecular formula is C14H11ClO2. The van der Waals surface area contributed by atoms with Crippen molar-refractivity contribution in [2.75, 3.05) is 7.11 Å². The van der Waals surface area contributed by atoms with Gasteiger partial charge in [0.15, 0.2) is 5.78 Å². The van der Waals surface area contributed by atoms with Gasteiger partial charge >= 0.3 is 0 Å². The van der Waals surface area contributed by atoms with Crippen LogP contribution in [-0.4, -0.2) is 12.9 Å². The highest BCUT2D eigenvalue weighted by Gasteiger charge is 2.10. The van der Waals surface area contributed by atoms with E-state index in [1.54, 1.807) is 30.3 Å². The summed E-state index contributed by atoms with van der Waals surface area (Å²) < 4.78 is 5.09. The largest absolute Gasteiger partial charge is 0.495 e. The van der Waals surface area contributed by atoms with Crippen molar-refractivity contribution < 1.29 is 9.53 Å². The van der Waals surface area contributed by atoms with Gasteiger partial charge in [-0.05, 0) is 18.2 Å². The van der Waals surface area contributed by atoms with Crippen LogP contribution in [0, 0.1) is 0 Å². The molecule has 0 unspecified atom stereocenters. The second-order valence-electron chi connectivity index (χ2n) is 3.54. The molecule has 0 bridgehead atoms. The number of hydrogen-bond donors (Lipinski definition) is 0. The Balaban J connectivity index is 2.38. The molecule has 0 atom stereocenters. The van der Waals surface area contributed by atoms with Crippen LogP contribution in [-0.2, 0) is 0 Å². The fourth-order valence-corrected chi connectivity index (χ4v) is 1.75. The van der Waals surface area contributed by atoms with Gasteiger partial charge in [-0.1, -0.05) is 41.9 Å². The summed E-state index contributed by atoms with van der Waals surface area (Å²) in [4.78, 5) is 12.1. The molecule has 17 heavy (non-hydrogen) atoms. The van der Waals surface area contributed by atoms with Gasteiger partial charge in [0.05, 0.1) is 12.1 Å². The molecule has 0 saturated heterocycles. The summed E-state index contributed by atoms with van der Waals surface area (Å²) in [6.45, 7) is 0. The number of ether oxygens (including phenoxy) is 1. The van der Waals surface area contributed by atoms with Gasteiger partial charge in [0.2, 0.25) is 0 Å². The molecule has 0 saturated carbocycles. The number of methoxy groups -OCH3 is 1. The van der Waals surface area contributed by atoms with E-state index in [9.17, 15) is 4.79 Å². The predicted octanol–water partition coefficient (Wildman–Crippen LogP) is 3.58. The summed E-state index contributed by atoms with van der Waals surface area (Å²) >= 11 is 5.91. The SMILES string of the molecule is COc1cc(C(=O)c2ccccc2)ccc1Cl. The number of benzene rings is 2. The van der Waals surface area contributed by atoms with Crippen LogP contribution in [0.15, 0.2) is 48.5 Å². The Hall–Kier alpha value is -1.80. The number of ketones is 1. The molecule has 0 aliphatic carbocycles. The third kappa shape index (κ3) is 2.48. The van der Waals surface area contributed by atoms with Gasteiger partial charge < -0.3 is 4.74 Å². The van der Waals surface area contributed by atoms with Crippen molar-refractivity contribution in [2.45, 2.75) is 0 Å². The zero-order valence-electron chi connectivity index (χ0n) is 9.31. The van der Waals surface area contributed by atoms with Crippen LogP contribution in [0.3, 0.4) is 0 Å². The molecule has 3 heteroatoms. The first kappa shape index (κ1) is 11.7. The topological polar surface area (TPSA) is 26.3 Å². The average Bonchev–Trinajstić information content (AvgIpc) is 2.39. The third-order valence-corrected chi connectivity index (χ3v) is 2.76. The number of halogens is 1. The summed E-state index contributed by atoms with van der Waals surface area (Å²) in [5.41, 5.74) is 1.22. The van der Waals surface area contributed by atoms with Gasteiger partial charge in [-0.25, -0.2) is 0 Å². The van der Waals surface area contributed by atoms with E-state index in [-0.39, 0.29) is 5.78 Å². The van der Waals surface area contributed by atoms with E-state index in [2.05, 4.69) is 0 Å².